The molecule has 0 bridgehead atoms. The van der Waals surface area contributed by atoms with E-state index in [1.165, 1.54) is 102 Å². The molecule has 2 aromatic heterocycles. The van der Waals surface area contributed by atoms with Crippen LogP contribution in [0.15, 0.2) is 181 Å². The van der Waals surface area contributed by atoms with E-state index in [2.05, 4.69) is 171 Å². The summed E-state index contributed by atoms with van der Waals surface area (Å²) in [6.45, 7) is 2.13. The van der Waals surface area contributed by atoms with Gasteiger partial charge in [0, 0.05) is 31.3 Å². The second-order valence-corrected chi connectivity index (χ2v) is 15.1. The van der Waals surface area contributed by atoms with Gasteiger partial charge in [-0.15, -0.1) is 11.3 Å². The van der Waals surface area contributed by atoms with E-state index in [1.807, 2.05) is 23.9 Å². The molecule has 0 radical (unpaired) electrons. The van der Waals surface area contributed by atoms with Crippen molar-refractivity contribution in [2.45, 2.75) is 6.92 Å². The summed E-state index contributed by atoms with van der Waals surface area (Å²) in [7, 11) is 0. The standard InChI is InChI=1S/C51H32OS/c1-31-29-52-30-45(31)51-42-21-11-9-19-40(42)49(41-20-10-12-22-43(41)51)33-24-26-46-44(27-33)35-25-23-34(28-47(35)53-46)50-38-17-7-5-15-36(38)48(32-13-3-2-4-14-32)37-16-6-8-18-39(37)50/h2-30H,1H3. The number of fused-ring (bicyclic) bond motifs is 7. The van der Waals surface area contributed by atoms with Gasteiger partial charge >= 0.3 is 0 Å². The smallest absolute Gasteiger partial charge is 0.0984 e. The normalized spacial score (nSPS) is 11.9. The van der Waals surface area contributed by atoms with E-state index in [0.717, 1.165) is 11.1 Å². The highest BCUT2D eigenvalue weighted by molar-refractivity contribution is 7.25. The first kappa shape index (κ1) is 30.2. The van der Waals surface area contributed by atoms with Crippen molar-refractivity contribution in [3.63, 3.8) is 0 Å². The van der Waals surface area contributed by atoms with Crippen LogP contribution in [-0.4, -0.2) is 0 Å². The third-order valence-corrected chi connectivity index (χ3v) is 12.2. The SMILES string of the molecule is Cc1cocc1-c1c2ccccc2c(-c2ccc3sc4cc(-c5c6ccccc6c(-c6ccccc6)c6ccccc56)ccc4c3c2)c2ccccc12. The lowest BCUT2D eigenvalue weighted by Crippen LogP contribution is -1.91. The van der Waals surface area contributed by atoms with E-state index in [1.54, 1.807) is 0 Å². The fraction of sp³-hybridized carbons (Fsp3) is 0.0196. The van der Waals surface area contributed by atoms with E-state index in [4.69, 9.17) is 4.42 Å². The second-order valence-electron chi connectivity index (χ2n) is 14.0. The highest BCUT2D eigenvalue weighted by Crippen LogP contribution is 2.48. The molecular weight excluding hydrogens is 661 g/mol. The van der Waals surface area contributed by atoms with Crippen LogP contribution in [0.5, 0.6) is 0 Å². The van der Waals surface area contributed by atoms with E-state index in [0.29, 0.717) is 0 Å². The van der Waals surface area contributed by atoms with Gasteiger partial charge in [-0.2, -0.15) is 0 Å². The molecule has 0 fully saturated rings. The number of benzene rings is 9. The zero-order valence-electron chi connectivity index (χ0n) is 29.1. The van der Waals surface area contributed by atoms with Crippen molar-refractivity contribution in [2.24, 2.45) is 0 Å². The maximum atomic E-state index is 5.70. The van der Waals surface area contributed by atoms with E-state index < -0.39 is 0 Å². The van der Waals surface area contributed by atoms with Crippen LogP contribution >= 0.6 is 11.3 Å². The van der Waals surface area contributed by atoms with Gasteiger partial charge in [0.05, 0.1) is 12.5 Å². The van der Waals surface area contributed by atoms with Crippen LogP contribution < -0.4 is 0 Å². The molecule has 0 unspecified atom stereocenters. The molecule has 1 nitrogen and oxygen atoms in total. The van der Waals surface area contributed by atoms with E-state index in [9.17, 15) is 0 Å². The van der Waals surface area contributed by atoms with E-state index >= 15 is 0 Å². The first-order valence-corrected chi connectivity index (χ1v) is 19.0. The fourth-order valence-electron chi connectivity index (χ4n) is 8.79. The van der Waals surface area contributed by atoms with Crippen LogP contribution in [-0.2, 0) is 0 Å². The Balaban J connectivity index is 1.13. The molecule has 9 aromatic carbocycles. The summed E-state index contributed by atoms with van der Waals surface area (Å²) in [5.41, 5.74) is 11.1. The monoisotopic (exact) mass is 692 g/mol. The topological polar surface area (TPSA) is 13.1 Å². The van der Waals surface area contributed by atoms with Gasteiger partial charge in [-0.05, 0) is 107 Å². The molecule has 11 rings (SSSR count). The fourth-order valence-corrected chi connectivity index (χ4v) is 9.92. The Morgan fingerprint density at radius 3 is 1.30 bits per heavy atom. The largest absolute Gasteiger partial charge is 0.472 e. The Morgan fingerprint density at radius 2 is 0.792 bits per heavy atom. The van der Waals surface area contributed by atoms with Crippen molar-refractivity contribution in [1.29, 1.82) is 0 Å². The third kappa shape index (κ3) is 4.56. The van der Waals surface area contributed by atoms with Gasteiger partial charge in [-0.1, -0.05) is 146 Å². The molecule has 0 aliphatic carbocycles. The lowest BCUT2D eigenvalue weighted by Gasteiger charge is -2.17. The van der Waals surface area contributed by atoms with Crippen molar-refractivity contribution in [1.82, 2.24) is 0 Å². The Bertz CT molecular complexity index is 3120. The van der Waals surface area contributed by atoms with Crippen LogP contribution in [0.1, 0.15) is 5.56 Å². The van der Waals surface area contributed by atoms with Crippen LogP contribution in [0.2, 0.25) is 0 Å². The summed E-state index contributed by atoms with van der Waals surface area (Å²) in [5.74, 6) is 0. The molecule has 11 aromatic rings. The molecular formula is C51H32OS. The summed E-state index contributed by atoms with van der Waals surface area (Å²) in [6, 6.07) is 60.5. The van der Waals surface area contributed by atoms with Crippen molar-refractivity contribution in [2.75, 3.05) is 0 Å². The van der Waals surface area contributed by atoms with Gasteiger partial charge in [0.25, 0.3) is 0 Å². The first-order valence-electron chi connectivity index (χ1n) is 18.2. The van der Waals surface area contributed by atoms with E-state index in [-0.39, 0.29) is 0 Å². The first-order chi connectivity index (χ1) is 26.2. The molecule has 248 valence electrons. The predicted molar refractivity (Wildman–Crippen MR) is 228 cm³/mol. The van der Waals surface area contributed by atoms with Gasteiger partial charge in [0.2, 0.25) is 0 Å². The number of thiophene rings is 1. The Morgan fingerprint density at radius 1 is 0.340 bits per heavy atom. The zero-order valence-corrected chi connectivity index (χ0v) is 29.9. The third-order valence-electron chi connectivity index (χ3n) is 11.1. The van der Waals surface area contributed by atoms with Crippen LogP contribution in [0.3, 0.4) is 0 Å². The van der Waals surface area contributed by atoms with Crippen molar-refractivity contribution >= 4 is 74.6 Å². The number of hydrogen-bond acceptors (Lipinski definition) is 2. The van der Waals surface area contributed by atoms with Crippen molar-refractivity contribution < 1.29 is 4.42 Å². The molecule has 2 heterocycles. The number of hydrogen-bond donors (Lipinski definition) is 0. The molecule has 2 heteroatoms. The molecule has 53 heavy (non-hydrogen) atoms. The molecule has 0 saturated carbocycles. The Labute approximate surface area is 311 Å². The summed E-state index contributed by atoms with van der Waals surface area (Å²) in [6.07, 6.45) is 3.74. The average Bonchev–Trinajstić information content (AvgIpc) is 3.81. The molecule has 0 N–H and O–H groups in total. The average molecular weight is 693 g/mol. The minimum absolute atomic E-state index is 1.15. The Hall–Kier alpha value is -6.48. The minimum atomic E-state index is 1.15. The van der Waals surface area contributed by atoms with Crippen LogP contribution in [0.25, 0.3) is 108 Å². The van der Waals surface area contributed by atoms with Crippen molar-refractivity contribution in [3.05, 3.63) is 182 Å². The quantitative estimate of drug-likeness (QED) is 0.167. The van der Waals surface area contributed by atoms with Crippen LogP contribution in [0, 0.1) is 6.92 Å². The van der Waals surface area contributed by atoms with Gasteiger partial charge in [0.1, 0.15) is 0 Å². The van der Waals surface area contributed by atoms with Gasteiger partial charge in [0.15, 0.2) is 0 Å². The highest BCUT2D eigenvalue weighted by Gasteiger charge is 2.20. The molecule has 0 amide bonds. The van der Waals surface area contributed by atoms with Gasteiger partial charge in [-0.25, -0.2) is 0 Å². The molecule has 0 aliphatic rings. The summed E-state index contributed by atoms with van der Waals surface area (Å²) in [4.78, 5) is 0. The lowest BCUT2D eigenvalue weighted by molar-refractivity contribution is 0.566. The maximum Gasteiger partial charge on any atom is 0.0984 e. The number of furan rings is 1. The van der Waals surface area contributed by atoms with Gasteiger partial charge < -0.3 is 4.42 Å². The summed E-state index contributed by atoms with van der Waals surface area (Å²) >= 11 is 1.88. The summed E-state index contributed by atoms with van der Waals surface area (Å²) in [5, 5.41) is 12.7. The second kappa shape index (κ2) is 11.8. The maximum absolute atomic E-state index is 5.70. The van der Waals surface area contributed by atoms with Crippen LogP contribution in [0.4, 0.5) is 0 Å². The minimum Gasteiger partial charge on any atom is -0.472 e. The molecule has 0 atom stereocenters. The highest BCUT2D eigenvalue weighted by atomic mass is 32.1. The van der Waals surface area contributed by atoms with Crippen molar-refractivity contribution in [3.8, 4) is 44.5 Å². The molecule has 0 aliphatic heterocycles. The zero-order chi connectivity index (χ0) is 35.0. The Kier molecular flexibility index (Phi) is 6.71. The summed E-state index contributed by atoms with van der Waals surface area (Å²) < 4.78 is 8.30. The lowest BCUT2D eigenvalue weighted by atomic mass is 9.85. The molecule has 0 spiro atoms. The predicted octanol–water partition coefficient (Wildman–Crippen LogP) is 15.2. The number of rotatable bonds is 4. The van der Waals surface area contributed by atoms with Gasteiger partial charge in [-0.3, -0.25) is 0 Å². The molecule has 0 saturated heterocycles. The number of aryl methyl sites for hydroxylation is 1.